The third-order valence-corrected chi connectivity index (χ3v) is 4.99. The maximum Gasteiger partial charge on any atom is 0.230 e. The van der Waals surface area contributed by atoms with Crippen LogP contribution in [0.1, 0.15) is 23.9 Å². The first-order valence-corrected chi connectivity index (χ1v) is 9.60. The van der Waals surface area contributed by atoms with Gasteiger partial charge in [0.2, 0.25) is 5.91 Å². The van der Waals surface area contributed by atoms with Gasteiger partial charge in [-0.2, -0.15) is 0 Å². The van der Waals surface area contributed by atoms with Crippen molar-refractivity contribution in [3.63, 3.8) is 0 Å². The molecule has 0 spiro atoms. The van der Waals surface area contributed by atoms with Crippen molar-refractivity contribution < 1.29 is 4.79 Å². The summed E-state index contributed by atoms with van der Waals surface area (Å²) in [6.45, 7) is 4.58. The zero-order valence-electron chi connectivity index (χ0n) is 15.0. The van der Waals surface area contributed by atoms with Crippen molar-refractivity contribution in [2.45, 2.75) is 32.0 Å². The van der Waals surface area contributed by atoms with Crippen LogP contribution in [0.3, 0.4) is 0 Å². The van der Waals surface area contributed by atoms with Crippen LogP contribution in [0, 0.1) is 6.92 Å². The summed E-state index contributed by atoms with van der Waals surface area (Å²) in [5, 5.41) is 12.0. The smallest absolute Gasteiger partial charge is 0.230 e. The van der Waals surface area contributed by atoms with E-state index in [1.807, 2.05) is 41.8 Å². The quantitative estimate of drug-likeness (QED) is 0.650. The van der Waals surface area contributed by atoms with E-state index in [0.717, 1.165) is 28.7 Å². The van der Waals surface area contributed by atoms with Gasteiger partial charge in [-0.3, -0.25) is 9.36 Å². The molecular formula is C20H22N4OS. The third-order valence-electron chi connectivity index (χ3n) is 4.06. The highest BCUT2D eigenvalue weighted by Crippen LogP contribution is 2.22. The molecule has 6 heteroatoms. The lowest BCUT2D eigenvalue weighted by Gasteiger charge is -2.09. The van der Waals surface area contributed by atoms with E-state index in [1.54, 1.807) is 0 Å². The Morgan fingerprint density at radius 2 is 1.77 bits per heavy atom. The molecule has 134 valence electrons. The molecule has 2 aromatic carbocycles. The van der Waals surface area contributed by atoms with Gasteiger partial charge in [-0.15, -0.1) is 10.2 Å². The molecule has 0 atom stereocenters. The van der Waals surface area contributed by atoms with E-state index in [-0.39, 0.29) is 5.91 Å². The van der Waals surface area contributed by atoms with Gasteiger partial charge in [0.25, 0.3) is 0 Å². The number of amides is 1. The van der Waals surface area contributed by atoms with Gasteiger partial charge in [0, 0.05) is 12.2 Å². The lowest BCUT2D eigenvalue weighted by atomic mass is 10.1. The molecule has 1 N–H and O–H groups in total. The maximum absolute atomic E-state index is 12.1. The number of carbonyl (C=O) groups is 1. The Hall–Kier alpha value is -2.60. The number of benzene rings is 2. The molecule has 0 saturated carbocycles. The molecule has 0 bridgehead atoms. The number of nitrogens with zero attached hydrogens (tertiary/aromatic N) is 3. The van der Waals surface area contributed by atoms with Crippen LogP contribution in [-0.4, -0.2) is 26.4 Å². The molecule has 0 unspecified atom stereocenters. The van der Waals surface area contributed by atoms with Crippen molar-refractivity contribution in [1.82, 2.24) is 20.1 Å². The molecule has 1 aromatic heterocycles. The molecule has 0 aliphatic carbocycles. The summed E-state index contributed by atoms with van der Waals surface area (Å²) in [6.07, 6.45) is 1.00. The predicted molar refractivity (Wildman–Crippen MR) is 104 cm³/mol. The number of thioether (sulfide) groups is 1. The lowest BCUT2D eigenvalue weighted by molar-refractivity contribution is -0.118. The molecule has 26 heavy (non-hydrogen) atoms. The summed E-state index contributed by atoms with van der Waals surface area (Å²) >= 11 is 1.39. The fourth-order valence-electron chi connectivity index (χ4n) is 2.59. The van der Waals surface area contributed by atoms with Crippen LogP contribution in [-0.2, 0) is 17.8 Å². The van der Waals surface area contributed by atoms with Crippen molar-refractivity contribution in [3.8, 4) is 5.69 Å². The third kappa shape index (κ3) is 4.52. The maximum atomic E-state index is 12.1. The van der Waals surface area contributed by atoms with Gasteiger partial charge >= 0.3 is 0 Å². The number of hydrogen-bond donors (Lipinski definition) is 1. The van der Waals surface area contributed by atoms with Crippen LogP contribution >= 0.6 is 11.8 Å². The topological polar surface area (TPSA) is 59.8 Å². The predicted octanol–water partition coefficient (Wildman–Crippen LogP) is 3.55. The number of rotatable bonds is 7. The van der Waals surface area contributed by atoms with E-state index in [0.29, 0.717) is 12.3 Å². The van der Waals surface area contributed by atoms with Crippen LogP contribution in [0.25, 0.3) is 5.69 Å². The van der Waals surface area contributed by atoms with E-state index >= 15 is 0 Å². The second-order valence-electron chi connectivity index (χ2n) is 5.94. The molecule has 0 saturated heterocycles. The average molecular weight is 366 g/mol. The highest BCUT2D eigenvalue weighted by Gasteiger charge is 2.13. The van der Waals surface area contributed by atoms with Crippen LogP contribution in [0.4, 0.5) is 0 Å². The number of aryl methyl sites for hydroxylation is 2. The van der Waals surface area contributed by atoms with Crippen LogP contribution in [0.5, 0.6) is 0 Å². The van der Waals surface area contributed by atoms with Crippen molar-refractivity contribution in [2.75, 3.05) is 5.75 Å². The average Bonchev–Trinajstić information content (AvgIpc) is 3.06. The van der Waals surface area contributed by atoms with Gasteiger partial charge in [-0.05, 0) is 36.6 Å². The summed E-state index contributed by atoms with van der Waals surface area (Å²) in [5.74, 6) is 1.09. The largest absolute Gasteiger partial charge is 0.351 e. The van der Waals surface area contributed by atoms with Gasteiger partial charge in [-0.1, -0.05) is 61.2 Å². The minimum absolute atomic E-state index is 0.0209. The summed E-state index contributed by atoms with van der Waals surface area (Å²) < 4.78 is 1.98. The van der Waals surface area contributed by atoms with Crippen LogP contribution in [0.2, 0.25) is 0 Å². The first-order chi connectivity index (χ1) is 12.7. The summed E-state index contributed by atoms with van der Waals surface area (Å²) in [7, 11) is 0. The van der Waals surface area contributed by atoms with Crippen molar-refractivity contribution in [3.05, 3.63) is 71.5 Å². The van der Waals surface area contributed by atoms with Crippen molar-refractivity contribution in [1.29, 1.82) is 0 Å². The molecule has 1 heterocycles. The number of hydrogen-bond acceptors (Lipinski definition) is 4. The monoisotopic (exact) mass is 366 g/mol. The Labute approximate surface area is 157 Å². The Morgan fingerprint density at radius 3 is 2.46 bits per heavy atom. The lowest BCUT2D eigenvalue weighted by Crippen LogP contribution is -2.24. The molecular weight excluding hydrogens is 344 g/mol. The number of carbonyl (C=O) groups excluding carboxylic acids is 1. The van der Waals surface area contributed by atoms with Gasteiger partial charge in [0.05, 0.1) is 5.75 Å². The Morgan fingerprint density at radius 1 is 1.04 bits per heavy atom. The molecule has 1 amide bonds. The van der Waals surface area contributed by atoms with E-state index in [9.17, 15) is 4.79 Å². The van der Waals surface area contributed by atoms with Crippen LogP contribution < -0.4 is 5.32 Å². The normalized spacial score (nSPS) is 10.7. The second-order valence-corrected chi connectivity index (χ2v) is 6.88. The minimum atomic E-state index is -0.0209. The SMILES string of the molecule is CCc1ccc(-n2c(C)nnc2SCC(=O)NCc2ccccc2)cc1. The molecule has 3 aromatic rings. The zero-order chi connectivity index (χ0) is 18.4. The Kier molecular flexibility index (Phi) is 6.07. The molecule has 0 aliphatic heterocycles. The number of nitrogens with one attached hydrogen (secondary N) is 1. The minimum Gasteiger partial charge on any atom is -0.351 e. The fraction of sp³-hybridized carbons (Fsp3) is 0.250. The van der Waals surface area contributed by atoms with E-state index in [4.69, 9.17) is 0 Å². The van der Waals surface area contributed by atoms with Crippen molar-refractivity contribution >= 4 is 17.7 Å². The van der Waals surface area contributed by atoms with Gasteiger partial charge in [0.15, 0.2) is 5.16 Å². The summed E-state index contributed by atoms with van der Waals surface area (Å²) in [6, 6.07) is 18.2. The van der Waals surface area contributed by atoms with Crippen molar-refractivity contribution in [2.24, 2.45) is 0 Å². The highest BCUT2D eigenvalue weighted by atomic mass is 32.2. The summed E-state index contributed by atoms with van der Waals surface area (Å²) in [5.41, 5.74) is 3.38. The first-order valence-electron chi connectivity index (χ1n) is 8.62. The zero-order valence-corrected chi connectivity index (χ0v) is 15.8. The highest BCUT2D eigenvalue weighted by molar-refractivity contribution is 7.99. The molecule has 5 nitrogen and oxygen atoms in total. The second kappa shape index (κ2) is 8.67. The van der Waals surface area contributed by atoms with Gasteiger partial charge < -0.3 is 5.32 Å². The molecule has 0 fully saturated rings. The standard InChI is InChI=1S/C20H22N4OS/c1-3-16-9-11-18(12-10-16)24-15(2)22-23-20(24)26-14-19(25)21-13-17-7-5-4-6-8-17/h4-12H,3,13-14H2,1-2H3,(H,21,25). The van der Waals surface area contributed by atoms with Gasteiger partial charge in [0.1, 0.15) is 5.82 Å². The van der Waals surface area contributed by atoms with Gasteiger partial charge in [-0.25, -0.2) is 0 Å². The number of aromatic nitrogens is 3. The molecule has 0 aliphatic rings. The molecule has 0 radical (unpaired) electrons. The summed E-state index contributed by atoms with van der Waals surface area (Å²) in [4.78, 5) is 12.1. The Balaban J connectivity index is 1.62. The molecule has 3 rings (SSSR count). The van der Waals surface area contributed by atoms with E-state index < -0.39 is 0 Å². The fourth-order valence-corrected chi connectivity index (χ4v) is 3.42. The van der Waals surface area contributed by atoms with E-state index in [1.165, 1.54) is 17.3 Å². The Bertz CT molecular complexity index is 859. The van der Waals surface area contributed by atoms with E-state index in [2.05, 4.69) is 46.7 Å². The first kappa shape index (κ1) is 18.2. The van der Waals surface area contributed by atoms with Crippen LogP contribution in [0.15, 0.2) is 59.8 Å².